The Balaban J connectivity index is 1.54. The second-order valence-electron chi connectivity index (χ2n) is 6.07. The number of benzene rings is 2. The number of hydrogen-bond donors (Lipinski definition) is 1. The maximum Gasteiger partial charge on any atom is 0.251 e. The van der Waals surface area contributed by atoms with E-state index in [1.807, 2.05) is 42.5 Å². The second kappa shape index (κ2) is 7.97. The molecule has 4 nitrogen and oxygen atoms in total. The van der Waals surface area contributed by atoms with Crippen molar-refractivity contribution in [3.8, 4) is 11.5 Å². The Labute approximate surface area is 143 Å². The zero-order valence-corrected chi connectivity index (χ0v) is 14.1. The lowest BCUT2D eigenvalue weighted by Gasteiger charge is -2.22. The Bertz CT molecular complexity index is 655. The molecule has 2 aromatic rings. The predicted molar refractivity (Wildman–Crippen MR) is 95.6 cm³/mol. The van der Waals surface area contributed by atoms with Gasteiger partial charge < -0.3 is 10.1 Å². The molecule has 0 aromatic heterocycles. The molecule has 0 saturated carbocycles. The van der Waals surface area contributed by atoms with Crippen LogP contribution in [0.2, 0.25) is 0 Å². The molecule has 0 bridgehead atoms. The largest absolute Gasteiger partial charge is 0.457 e. The third-order valence-electron chi connectivity index (χ3n) is 4.50. The topological polar surface area (TPSA) is 41.6 Å². The monoisotopic (exact) mass is 324 g/mol. The number of nitrogens with zero attached hydrogens (tertiary/aromatic N) is 1. The minimum atomic E-state index is -0.0239. The van der Waals surface area contributed by atoms with Crippen LogP contribution in [0.5, 0.6) is 11.5 Å². The highest BCUT2D eigenvalue weighted by Gasteiger charge is 2.23. The normalized spacial score (nSPS) is 17.6. The highest BCUT2D eigenvalue weighted by Crippen LogP contribution is 2.21. The van der Waals surface area contributed by atoms with E-state index in [1.54, 1.807) is 12.1 Å². The zero-order valence-electron chi connectivity index (χ0n) is 14.1. The summed E-state index contributed by atoms with van der Waals surface area (Å²) >= 11 is 0. The lowest BCUT2D eigenvalue weighted by molar-refractivity contribution is 0.0941. The molecular weight excluding hydrogens is 300 g/mol. The van der Waals surface area contributed by atoms with Crippen LogP contribution in [0, 0.1) is 0 Å². The van der Waals surface area contributed by atoms with Crippen LogP contribution in [0.15, 0.2) is 54.6 Å². The van der Waals surface area contributed by atoms with Crippen molar-refractivity contribution in [1.82, 2.24) is 10.2 Å². The van der Waals surface area contributed by atoms with Crippen LogP contribution >= 0.6 is 0 Å². The summed E-state index contributed by atoms with van der Waals surface area (Å²) in [6.07, 6.45) is 2.39. The number of ether oxygens (including phenoxy) is 1. The van der Waals surface area contributed by atoms with Gasteiger partial charge in [0.05, 0.1) is 0 Å². The Morgan fingerprint density at radius 1 is 1.12 bits per heavy atom. The molecule has 0 spiro atoms. The number of hydrogen-bond acceptors (Lipinski definition) is 3. The molecule has 1 atom stereocenters. The minimum absolute atomic E-state index is 0.0239. The molecule has 1 aliphatic heterocycles. The van der Waals surface area contributed by atoms with Crippen molar-refractivity contribution in [3.05, 3.63) is 60.2 Å². The van der Waals surface area contributed by atoms with Crippen LogP contribution < -0.4 is 10.1 Å². The third kappa shape index (κ3) is 4.15. The van der Waals surface area contributed by atoms with Crippen molar-refractivity contribution in [2.45, 2.75) is 25.8 Å². The van der Waals surface area contributed by atoms with Gasteiger partial charge in [-0.3, -0.25) is 9.69 Å². The molecule has 3 rings (SSSR count). The van der Waals surface area contributed by atoms with Crippen molar-refractivity contribution in [2.24, 2.45) is 0 Å². The molecule has 0 radical (unpaired) electrons. The number of likely N-dealkylation sites (N-methyl/N-ethyl adjacent to an activating group) is 1. The molecule has 1 amide bonds. The molecule has 4 heteroatoms. The lowest BCUT2D eigenvalue weighted by Crippen LogP contribution is -2.40. The Kier molecular flexibility index (Phi) is 5.49. The number of amides is 1. The molecule has 1 aliphatic rings. The summed E-state index contributed by atoms with van der Waals surface area (Å²) in [6.45, 7) is 5.08. The minimum Gasteiger partial charge on any atom is -0.457 e. The molecule has 0 unspecified atom stereocenters. The first-order valence-electron chi connectivity index (χ1n) is 8.61. The molecule has 24 heavy (non-hydrogen) atoms. The van der Waals surface area contributed by atoms with Crippen LogP contribution in [-0.2, 0) is 0 Å². The van der Waals surface area contributed by atoms with E-state index in [9.17, 15) is 4.79 Å². The van der Waals surface area contributed by atoms with E-state index in [4.69, 9.17) is 4.74 Å². The van der Waals surface area contributed by atoms with E-state index in [2.05, 4.69) is 17.1 Å². The second-order valence-corrected chi connectivity index (χ2v) is 6.07. The highest BCUT2D eigenvalue weighted by molar-refractivity contribution is 5.94. The maximum atomic E-state index is 12.3. The summed E-state index contributed by atoms with van der Waals surface area (Å²) < 4.78 is 5.74. The average molecular weight is 324 g/mol. The Morgan fingerprint density at radius 3 is 2.54 bits per heavy atom. The van der Waals surface area contributed by atoms with Crippen molar-refractivity contribution in [1.29, 1.82) is 0 Å². The van der Waals surface area contributed by atoms with Gasteiger partial charge in [-0.15, -0.1) is 0 Å². The van der Waals surface area contributed by atoms with Gasteiger partial charge in [-0.2, -0.15) is 0 Å². The summed E-state index contributed by atoms with van der Waals surface area (Å²) in [4.78, 5) is 14.7. The maximum absolute atomic E-state index is 12.3. The van der Waals surface area contributed by atoms with E-state index in [-0.39, 0.29) is 5.91 Å². The Morgan fingerprint density at radius 2 is 1.83 bits per heavy atom. The van der Waals surface area contributed by atoms with Gasteiger partial charge in [0.15, 0.2) is 0 Å². The van der Waals surface area contributed by atoms with Crippen molar-refractivity contribution >= 4 is 5.91 Å². The van der Waals surface area contributed by atoms with Crippen molar-refractivity contribution in [2.75, 3.05) is 19.6 Å². The van der Waals surface area contributed by atoms with Crippen LogP contribution in [-0.4, -0.2) is 36.5 Å². The molecule has 2 aromatic carbocycles. The fourth-order valence-corrected chi connectivity index (χ4v) is 3.15. The lowest BCUT2D eigenvalue weighted by atomic mass is 10.2. The first kappa shape index (κ1) is 16.5. The molecule has 1 saturated heterocycles. The van der Waals surface area contributed by atoms with Gasteiger partial charge in [-0.1, -0.05) is 25.1 Å². The standard InChI is InChI=1S/C20H24N2O2/c1-2-22-14-6-7-17(22)15-21-20(23)16-10-12-19(13-11-16)24-18-8-4-3-5-9-18/h3-5,8-13,17H,2,6-7,14-15H2,1H3,(H,21,23)/t17-/m1/s1. The predicted octanol–water partition coefficient (Wildman–Crippen LogP) is 3.69. The fourth-order valence-electron chi connectivity index (χ4n) is 3.15. The number of carbonyl (C=O) groups is 1. The van der Waals surface area contributed by atoms with Gasteiger partial charge in [-0.25, -0.2) is 0 Å². The highest BCUT2D eigenvalue weighted by atomic mass is 16.5. The van der Waals surface area contributed by atoms with E-state index >= 15 is 0 Å². The van der Waals surface area contributed by atoms with E-state index in [0.29, 0.717) is 11.6 Å². The van der Waals surface area contributed by atoms with Gasteiger partial charge in [0.2, 0.25) is 0 Å². The molecule has 1 N–H and O–H groups in total. The van der Waals surface area contributed by atoms with E-state index in [1.165, 1.54) is 6.42 Å². The molecule has 0 aliphatic carbocycles. The van der Waals surface area contributed by atoms with E-state index in [0.717, 1.165) is 37.6 Å². The summed E-state index contributed by atoms with van der Waals surface area (Å²) in [5.74, 6) is 1.49. The zero-order chi connectivity index (χ0) is 16.8. The fraction of sp³-hybridized carbons (Fsp3) is 0.350. The van der Waals surface area contributed by atoms with Crippen LogP contribution in [0.1, 0.15) is 30.1 Å². The average Bonchev–Trinajstić information content (AvgIpc) is 3.09. The Hall–Kier alpha value is -2.33. The van der Waals surface area contributed by atoms with Gasteiger partial charge in [0, 0.05) is 18.2 Å². The van der Waals surface area contributed by atoms with Gasteiger partial charge in [-0.05, 0) is 62.3 Å². The number of carbonyl (C=O) groups excluding carboxylic acids is 1. The van der Waals surface area contributed by atoms with Crippen LogP contribution in [0.4, 0.5) is 0 Å². The SMILES string of the molecule is CCN1CCC[C@@H]1CNC(=O)c1ccc(Oc2ccccc2)cc1. The number of nitrogens with one attached hydrogen (secondary N) is 1. The number of rotatable bonds is 6. The number of para-hydroxylation sites is 1. The molecule has 1 fully saturated rings. The summed E-state index contributed by atoms with van der Waals surface area (Å²) in [5, 5.41) is 3.05. The first-order chi connectivity index (χ1) is 11.8. The summed E-state index contributed by atoms with van der Waals surface area (Å²) in [7, 11) is 0. The molecule has 126 valence electrons. The quantitative estimate of drug-likeness (QED) is 0.881. The smallest absolute Gasteiger partial charge is 0.251 e. The number of likely N-dealkylation sites (tertiary alicyclic amines) is 1. The van der Waals surface area contributed by atoms with Crippen molar-refractivity contribution < 1.29 is 9.53 Å². The summed E-state index contributed by atoms with van der Waals surface area (Å²) in [6, 6.07) is 17.4. The third-order valence-corrected chi connectivity index (χ3v) is 4.50. The first-order valence-corrected chi connectivity index (χ1v) is 8.61. The van der Waals surface area contributed by atoms with Crippen LogP contribution in [0.3, 0.4) is 0 Å². The molecule has 1 heterocycles. The van der Waals surface area contributed by atoms with Gasteiger partial charge in [0.25, 0.3) is 5.91 Å². The van der Waals surface area contributed by atoms with E-state index < -0.39 is 0 Å². The summed E-state index contributed by atoms with van der Waals surface area (Å²) in [5.41, 5.74) is 0.663. The van der Waals surface area contributed by atoms with Gasteiger partial charge in [0.1, 0.15) is 11.5 Å². The molecular formula is C20H24N2O2. The van der Waals surface area contributed by atoms with Crippen LogP contribution in [0.25, 0.3) is 0 Å². The van der Waals surface area contributed by atoms with Crippen molar-refractivity contribution in [3.63, 3.8) is 0 Å². The van der Waals surface area contributed by atoms with Gasteiger partial charge >= 0.3 is 0 Å².